The topological polar surface area (TPSA) is 74.3 Å². The summed E-state index contributed by atoms with van der Waals surface area (Å²) in [6.45, 7) is 1.83. The molecule has 1 atom stereocenters. The molecule has 1 unspecified atom stereocenters. The summed E-state index contributed by atoms with van der Waals surface area (Å²) in [6.07, 6.45) is 2.53. The molecule has 0 saturated carbocycles. The van der Waals surface area contributed by atoms with Crippen LogP contribution in [0.15, 0.2) is 10.7 Å². The maximum Gasteiger partial charge on any atom is 0.0706 e. The quantitative estimate of drug-likeness (QED) is 0.421. The molecular weight excluding hydrogens is 288 g/mol. The van der Waals surface area contributed by atoms with E-state index in [9.17, 15) is 0 Å². The Morgan fingerprint density at radius 3 is 2.82 bits per heavy atom. The Kier molecular flexibility index (Phi) is 6.68. The van der Waals surface area contributed by atoms with E-state index in [1.54, 1.807) is 18.0 Å². The lowest BCUT2D eigenvalue weighted by Gasteiger charge is -2.17. The summed E-state index contributed by atoms with van der Waals surface area (Å²) in [5, 5.41) is 4.16. The number of nitrogens with one attached hydrogen (secondary N) is 1. The van der Waals surface area contributed by atoms with Crippen molar-refractivity contribution in [3.8, 4) is 0 Å². The van der Waals surface area contributed by atoms with Gasteiger partial charge in [-0.2, -0.15) is 5.10 Å². The zero-order valence-electron chi connectivity index (χ0n) is 10.1. The standard InChI is InChI=1S/C10H19BrN4O2/c1-15-10(8(11)7-13-15)9(14-12)3-4-17-6-5-16-2/h7,9,14H,3-6,12H2,1-2H3. The minimum Gasteiger partial charge on any atom is -0.382 e. The summed E-state index contributed by atoms with van der Waals surface area (Å²) >= 11 is 3.45. The third kappa shape index (κ3) is 4.36. The van der Waals surface area contributed by atoms with Crippen molar-refractivity contribution in [1.29, 1.82) is 0 Å². The molecule has 1 heterocycles. The SMILES string of the molecule is COCCOCCC(NN)c1c(Br)cnn1C. The molecule has 0 aliphatic heterocycles. The molecule has 3 N–H and O–H groups in total. The van der Waals surface area contributed by atoms with Gasteiger partial charge in [0.2, 0.25) is 0 Å². The van der Waals surface area contributed by atoms with Crippen LogP contribution in [0.25, 0.3) is 0 Å². The molecule has 0 bridgehead atoms. The summed E-state index contributed by atoms with van der Waals surface area (Å²) < 4.78 is 13.1. The number of aromatic nitrogens is 2. The molecule has 0 aliphatic carbocycles. The second-order valence-electron chi connectivity index (χ2n) is 3.61. The van der Waals surface area contributed by atoms with E-state index in [2.05, 4.69) is 26.5 Å². The van der Waals surface area contributed by atoms with E-state index >= 15 is 0 Å². The summed E-state index contributed by atoms with van der Waals surface area (Å²) in [5.74, 6) is 5.55. The van der Waals surface area contributed by atoms with Gasteiger partial charge < -0.3 is 9.47 Å². The van der Waals surface area contributed by atoms with E-state index < -0.39 is 0 Å². The Bertz CT molecular complexity index is 313. The van der Waals surface area contributed by atoms with Crippen molar-refractivity contribution >= 4 is 15.9 Å². The van der Waals surface area contributed by atoms with Crippen LogP contribution in [0.3, 0.4) is 0 Å². The Balaban J connectivity index is 2.43. The number of nitrogens with zero attached hydrogens (tertiary/aromatic N) is 2. The Hall–Kier alpha value is -0.470. The fourth-order valence-corrected chi connectivity index (χ4v) is 2.18. The predicted octanol–water partition coefficient (Wildman–Crippen LogP) is 0.740. The van der Waals surface area contributed by atoms with Gasteiger partial charge in [0.15, 0.2) is 0 Å². The number of nitrogens with two attached hydrogens (primary N) is 1. The van der Waals surface area contributed by atoms with E-state index in [1.807, 2.05) is 7.05 Å². The van der Waals surface area contributed by atoms with Gasteiger partial charge in [0.25, 0.3) is 0 Å². The van der Waals surface area contributed by atoms with Gasteiger partial charge in [-0.1, -0.05) is 0 Å². The molecule has 6 nitrogen and oxygen atoms in total. The van der Waals surface area contributed by atoms with Crippen LogP contribution >= 0.6 is 15.9 Å². The second kappa shape index (κ2) is 7.78. The molecule has 7 heteroatoms. The van der Waals surface area contributed by atoms with Gasteiger partial charge >= 0.3 is 0 Å². The number of methoxy groups -OCH3 is 1. The number of rotatable bonds is 8. The number of hydrogen-bond acceptors (Lipinski definition) is 5. The Labute approximate surface area is 110 Å². The number of halogens is 1. The first kappa shape index (κ1) is 14.6. The normalized spacial score (nSPS) is 12.9. The van der Waals surface area contributed by atoms with Crippen LogP contribution in [0.5, 0.6) is 0 Å². The molecule has 1 aromatic heterocycles. The molecule has 1 aromatic rings. The van der Waals surface area contributed by atoms with Gasteiger partial charge in [-0.25, -0.2) is 0 Å². The highest BCUT2D eigenvalue weighted by Crippen LogP contribution is 2.24. The number of aryl methyl sites for hydroxylation is 1. The Morgan fingerprint density at radius 1 is 1.53 bits per heavy atom. The van der Waals surface area contributed by atoms with Gasteiger partial charge in [0.05, 0.1) is 35.6 Å². The number of hydrazine groups is 1. The first-order chi connectivity index (χ1) is 8.20. The summed E-state index contributed by atoms with van der Waals surface area (Å²) in [5.41, 5.74) is 3.79. The van der Waals surface area contributed by atoms with Crippen molar-refractivity contribution in [2.24, 2.45) is 12.9 Å². The van der Waals surface area contributed by atoms with E-state index in [1.165, 1.54) is 0 Å². The van der Waals surface area contributed by atoms with Gasteiger partial charge in [-0.15, -0.1) is 0 Å². The highest BCUT2D eigenvalue weighted by atomic mass is 79.9. The first-order valence-electron chi connectivity index (χ1n) is 5.41. The molecule has 0 aliphatic rings. The maximum absolute atomic E-state index is 5.55. The maximum atomic E-state index is 5.55. The van der Waals surface area contributed by atoms with Crippen molar-refractivity contribution in [1.82, 2.24) is 15.2 Å². The highest BCUT2D eigenvalue weighted by Gasteiger charge is 2.17. The zero-order valence-corrected chi connectivity index (χ0v) is 11.7. The minimum absolute atomic E-state index is 0.0134. The van der Waals surface area contributed by atoms with E-state index in [4.69, 9.17) is 15.3 Å². The predicted molar refractivity (Wildman–Crippen MR) is 68.3 cm³/mol. The van der Waals surface area contributed by atoms with E-state index in [0.29, 0.717) is 19.8 Å². The van der Waals surface area contributed by atoms with Crippen molar-refractivity contribution in [3.05, 3.63) is 16.4 Å². The van der Waals surface area contributed by atoms with Crippen LogP contribution in [0.2, 0.25) is 0 Å². The van der Waals surface area contributed by atoms with E-state index in [0.717, 1.165) is 16.6 Å². The molecular formula is C10H19BrN4O2. The van der Waals surface area contributed by atoms with Crippen LogP contribution in [-0.4, -0.2) is 36.7 Å². The molecule has 98 valence electrons. The van der Waals surface area contributed by atoms with Crippen LogP contribution in [0.1, 0.15) is 18.2 Å². The van der Waals surface area contributed by atoms with Crippen molar-refractivity contribution < 1.29 is 9.47 Å². The van der Waals surface area contributed by atoms with Crippen LogP contribution < -0.4 is 11.3 Å². The van der Waals surface area contributed by atoms with Crippen LogP contribution in [-0.2, 0) is 16.5 Å². The smallest absolute Gasteiger partial charge is 0.0706 e. The molecule has 0 radical (unpaired) electrons. The second-order valence-corrected chi connectivity index (χ2v) is 4.47. The lowest BCUT2D eigenvalue weighted by atomic mass is 10.1. The van der Waals surface area contributed by atoms with Gasteiger partial charge in [0, 0.05) is 20.8 Å². The molecule has 0 aromatic carbocycles. The summed E-state index contributed by atoms with van der Waals surface area (Å²) in [7, 11) is 3.54. The monoisotopic (exact) mass is 306 g/mol. The summed E-state index contributed by atoms with van der Waals surface area (Å²) in [6, 6.07) is 0.0134. The third-order valence-corrected chi connectivity index (χ3v) is 3.06. The average molecular weight is 307 g/mol. The fourth-order valence-electron chi connectivity index (χ4n) is 1.56. The first-order valence-corrected chi connectivity index (χ1v) is 6.20. The minimum atomic E-state index is 0.0134. The van der Waals surface area contributed by atoms with Gasteiger partial charge in [-0.3, -0.25) is 16.0 Å². The summed E-state index contributed by atoms with van der Waals surface area (Å²) in [4.78, 5) is 0. The van der Waals surface area contributed by atoms with Gasteiger partial charge in [-0.05, 0) is 22.4 Å². The molecule has 0 spiro atoms. The van der Waals surface area contributed by atoms with Crippen LogP contribution in [0, 0.1) is 0 Å². The molecule has 0 amide bonds. The van der Waals surface area contributed by atoms with Gasteiger partial charge in [0.1, 0.15) is 0 Å². The van der Waals surface area contributed by atoms with Crippen LogP contribution in [0.4, 0.5) is 0 Å². The van der Waals surface area contributed by atoms with Crippen molar-refractivity contribution in [2.45, 2.75) is 12.5 Å². The molecule has 17 heavy (non-hydrogen) atoms. The number of ether oxygens (including phenoxy) is 2. The largest absolute Gasteiger partial charge is 0.382 e. The molecule has 0 saturated heterocycles. The molecule has 0 fully saturated rings. The van der Waals surface area contributed by atoms with E-state index in [-0.39, 0.29) is 6.04 Å². The van der Waals surface area contributed by atoms with Crippen molar-refractivity contribution in [2.75, 3.05) is 26.9 Å². The lowest BCUT2D eigenvalue weighted by Crippen LogP contribution is -2.30. The lowest BCUT2D eigenvalue weighted by molar-refractivity contribution is 0.0654. The number of hydrogen-bond donors (Lipinski definition) is 2. The fraction of sp³-hybridized carbons (Fsp3) is 0.700. The Morgan fingerprint density at radius 2 is 2.29 bits per heavy atom. The average Bonchev–Trinajstić information content (AvgIpc) is 2.65. The highest BCUT2D eigenvalue weighted by molar-refractivity contribution is 9.10. The third-order valence-electron chi connectivity index (χ3n) is 2.45. The zero-order chi connectivity index (χ0) is 12.7. The molecule has 1 rings (SSSR count). The van der Waals surface area contributed by atoms with Crippen molar-refractivity contribution in [3.63, 3.8) is 0 Å².